The van der Waals surface area contributed by atoms with Crippen molar-refractivity contribution in [3.8, 4) is 0 Å². The van der Waals surface area contributed by atoms with E-state index in [-0.39, 0.29) is 23.5 Å². The van der Waals surface area contributed by atoms with Crippen molar-refractivity contribution in [1.29, 1.82) is 0 Å². The molecule has 1 heterocycles. The zero-order valence-corrected chi connectivity index (χ0v) is 11.0. The van der Waals surface area contributed by atoms with Crippen molar-refractivity contribution in [2.45, 2.75) is 52.9 Å². The molecule has 4 heteroatoms. The van der Waals surface area contributed by atoms with Gasteiger partial charge in [0.25, 0.3) is 0 Å². The predicted molar refractivity (Wildman–Crippen MR) is 64.0 cm³/mol. The summed E-state index contributed by atoms with van der Waals surface area (Å²) in [6.45, 7) is 11.2. The van der Waals surface area contributed by atoms with Gasteiger partial charge >= 0.3 is 0 Å². The van der Waals surface area contributed by atoms with Gasteiger partial charge in [-0.3, -0.25) is 4.79 Å². The lowest BCUT2D eigenvalue weighted by atomic mass is 9.86. The van der Waals surface area contributed by atoms with Gasteiger partial charge in [-0.1, -0.05) is 20.8 Å². The Morgan fingerprint density at radius 1 is 1.31 bits per heavy atom. The standard InChI is InChI=1S/C12H24N2O2/c1-8-6-14(7-9(2)16-8)11(15)10(13)12(3,4)5/h8-10H,6-7,13H2,1-5H3/t8?,9?,10-/m1/s1. The van der Waals surface area contributed by atoms with Crippen LogP contribution in [0.15, 0.2) is 0 Å². The zero-order chi connectivity index (χ0) is 12.5. The van der Waals surface area contributed by atoms with Gasteiger partial charge in [0.05, 0.1) is 18.2 Å². The fourth-order valence-electron chi connectivity index (χ4n) is 1.92. The minimum atomic E-state index is -0.440. The molecule has 16 heavy (non-hydrogen) atoms. The number of carbonyl (C=O) groups is 1. The predicted octanol–water partition coefficient (Wildman–Crippen LogP) is 0.996. The van der Waals surface area contributed by atoms with Gasteiger partial charge in [-0.25, -0.2) is 0 Å². The molecule has 1 fully saturated rings. The highest BCUT2D eigenvalue weighted by molar-refractivity contribution is 5.82. The molecular formula is C12H24N2O2. The molecule has 1 aliphatic rings. The van der Waals surface area contributed by atoms with Crippen LogP contribution in [0, 0.1) is 5.41 Å². The molecule has 0 spiro atoms. The number of rotatable bonds is 1. The van der Waals surface area contributed by atoms with E-state index in [1.807, 2.05) is 39.5 Å². The highest BCUT2D eigenvalue weighted by Gasteiger charge is 2.34. The van der Waals surface area contributed by atoms with Crippen LogP contribution in [0.1, 0.15) is 34.6 Å². The van der Waals surface area contributed by atoms with E-state index in [4.69, 9.17) is 10.5 Å². The van der Waals surface area contributed by atoms with Gasteiger partial charge in [0.2, 0.25) is 5.91 Å². The number of hydrogen-bond donors (Lipinski definition) is 1. The fraction of sp³-hybridized carbons (Fsp3) is 0.917. The highest BCUT2D eigenvalue weighted by Crippen LogP contribution is 2.21. The summed E-state index contributed by atoms with van der Waals surface area (Å²) < 4.78 is 5.60. The van der Waals surface area contributed by atoms with Crippen LogP contribution in [0.2, 0.25) is 0 Å². The van der Waals surface area contributed by atoms with E-state index in [9.17, 15) is 4.79 Å². The van der Waals surface area contributed by atoms with Gasteiger partial charge in [-0.05, 0) is 19.3 Å². The molecule has 0 aromatic carbocycles. The molecule has 1 aliphatic heterocycles. The summed E-state index contributed by atoms with van der Waals surface area (Å²) in [5.41, 5.74) is 5.79. The third kappa shape index (κ3) is 3.19. The topological polar surface area (TPSA) is 55.6 Å². The van der Waals surface area contributed by atoms with Crippen LogP contribution in [0.5, 0.6) is 0 Å². The van der Waals surface area contributed by atoms with Crippen molar-refractivity contribution in [2.75, 3.05) is 13.1 Å². The minimum absolute atomic E-state index is 0.0366. The van der Waals surface area contributed by atoms with E-state index in [2.05, 4.69) is 0 Å². The summed E-state index contributed by atoms with van der Waals surface area (Å²) in [4.78, 5) is 14.0. The van der Waals surface area contributed by atoms with Crippen LogP contribution < -0.4 is 5.73 Å². The molecule has 2 N–H and O–H groups in total. The SMILES string of the molecule is CC1CN(C(=O)[C@@H](N)C(C)(C)C)CC(C)O1. The van der Waals surface area contributed by atoms with Gasteiger partial charge in [0.15, 0.2) is 0 Å². The lowest BCUT2D eigenvalue weighted by Gasteiger charge is -2.38. The van der Waals surface area contributed by atoms with Crippen LogP contribution in [0.4, 0.5) is 0 Å². The minimum Gasteiger partial charge on any atom is -0.372 e. The summed E-state index contributed by atoms with van der Waals surface area (Å²) in [6, 6.07) is -0.440. The molecule has 94 valence electrons. The second-order valence-electron chi connectivity index (χ2n) is 5.84. The van der Waals surface area contributed by atoms with Gasteiger partial charge in [0, 0.05) is 13.1 Å². The molecule has 4 nitrogen and oxygen atoms in total. The van der Waals surface area contributed by atoms with E-state index in [0.29, 0.717) is 13.1 Å². The van der Waals surface area contributed by atoms with Crippen molar-refractivity contribution in [3.05, 3.63) is 0 Å². The summed E-state index contributed by atoms with van der Waals surface area (Å²) in [5.74, 6) is 0.0366. The van der Waals surface area contributed by atoms with Crippen LogP contribution in [0.3, 0.4) is 0 Å². The average Bonchev–Trinajstić information content (AvgIpc) is 2.12. The van der Waals surface area contributed by atoms with Crippen LogP contribution in [0.25, 0.3) is 0 Å². The number of morpholine rings is 1. The number of hydrogen-bond acceptors (Lipinski definition) is 3. The Hall–Kier alpha value is -0.610. The van der Waals surface area contributed by atoms with Crippen molar-refractivity contribution in [1.82, 2.24) is 4.90 Å². The summed E-state index contributed by atoms with van der Waals surface area (Å²) in [6.07, 6.45) is 0.194. The normalized spacial score (nSPS) is 29.0. The van der Waals surface area contributed by atoms with Crippen molar-refractivity contribution >= 4 is 5.91 Å². The average molecular weight is 228 g/mol. The summed E-state index contributed by atoms with van der Waals surface area (Å²) >= 11 is 0. The quantitative estimate of drug-likeness (QED) is 0.728. The largest absolute Gasteiger partial charge is 0.372 e. The smallest absolute Gasteiger partial charge is 0.240 e. The molecule has 0 saturated carbocycles. The number of ether oxygens (including phenoxy) is 1. The second kappa shape index (κ2) is 4.72. The molecular weight excluding hydrogens is 204 g/mol. The molecule has 3 atom stereocenters. The lowest BCUT2D eigenvalue weighted by Crippen LogP contribution is -2.56. The van der Waals surface area contributed by atoms with Gasteiger partial charge in [-0.2, -0.15) is 0 Å². The number of amides is 1. The molecule has 0 aromatic heterocycles. The third-order valence-corrected chi connectivity index (χ3v) is 2.93. The first-order chi connectivity index (χ1) is 7.21. The molecule has 1 amide bonds. The second-order valence-corrected chi connectivity index (χ2v) is 5.84. The first-order valence-corrected chi connectivity index (χ1v) is 5.91. The van der Waals surface area contributed by atoms with Gasteiger partial charge < -0.3 is 15.4 Å². The molecule has 0 bridgehead atoms. The Kier molecular flexibility index (Phi) is 3.97. The summed E-state index contributed by atoms with van der Waals surface area (Å²) in [7, 11) is 0. The van der Waals surface area contributed by atoms with Gasteiger partial charge in [0.1, 0.15) is 0 Å². The Bertz CT molecular complexity index is 250. The van der Waals surface area contributed by atoms with Crippen molar-refractivity contribution < 1.29 is 9.53 Å². The molecule has 0 radical (unpaired) electrons. The maximum Gasteiger partial charge on any atom is 0.240 e. The Morgan fingerprint density at radius 3 is 2.12 bits per heavy atom. The first-order valence-electron chi connectivity index (χ1n) is 5.91. The molecule has 1 saturated heterocycles. The number of nitrogens with two attached hydrogens (primary N) is 1. The van der Waals surface area contributed by atoms with E-state index in [1.165, 1.54) is 0 Å². The fourth-order valence-corrected chi connectivity index (χ4v) is 1.92. The lowest BCUT2D eigenvalue weighted by molar-refractivity contribution is -0.146. The Labute approximate surface area is 98.1 Å². The summed E-state index contributed by atoms with van der Waals surface area (Å²) in [5, 5.41) is 0. The van der Waals surface area contributed by atoms with E-state index in [0.717, 1.165) is 0 Å². The van der Waals surface area contributed by atoms with Crippen LogP contribution >= 0.6 is 0 Å². The van der Waals surface area contributed by atoms with Gasteiger partial charge in [-0.15, -0.1) is 0 Å². The van der Waals surface area contributed by atoms with E-state index >= 15 is 0 Å². The number of nitrogens with zero attached hydrogens (tertiary/aromatic N) is 1. The Balaban J connectivity index is 2.67. The van der Waals surface area contributed by atoms with Crippen molar-refractivity contribution in [2.24, 2.45) is 11.1 Å². The first kappa shape index (κ1) is 13.5. The van der Waals surface area contributed by atoms with Crippen LogP contribution in [-0.2, 0) is 9.53 Å². The molecule has 1 rings (SSSR count). The maximum absolute atomic E-state index is 12.2. The van der Waals surface area contributed by atoms with E-state index < -0.39 is 6.04 Å². The molecule has 0 aliphatic carbocycles. The zero-order valence-electron chi connectivity index (χ0n) is 11.0. The van der Waals surface area contributed by atoms with E-state index in [1.54, 1.807) is 0 Å². The van der Waals surface area contributed by atoms with Crippen molar-refractivity contribution in [3.63, 3.8) is 0 Å². The molecule has 2 unspecified atom stereocenters. The highest BCUT2D eigenvalue weighted by atomic mass is 16.5. The van der Waals surface area contributed by atoms with Crippen LogP contribution in [-0.4, -0.2) is 42.1 Å². The molecule has 0 aromatic rings. The third-order valence-electron chi connectivity index (χ3n) is 2.93. The maximum atomic E-state index is 12.2. The number of carbonyl (C=O) groups excluding carboxylic acids is 1. The Morgan fingerprint density at radius 2 is 1.75 bits per heavy atom. The monoisotopic (exact) mass is 228 g/mol.